The quantitative estimate of drug-likeness (QED) is 0.385. The highest BCUT2D eigenvalue weighted by Gasteiger charge is 2.46. The molecule has 0 unspecified atom stereocenters. The first-order chi connectivity index (χ1) is 13.9. The maximum absolute atomic E-state index is 12.8. The van der Waals surface area contributed by atoms with Crippen LogP contribution in [0.1, 0.15) is 17.2 Å². The van der Waals surface area contributed by atoms with Crippen molar-refractivity contribution in [2.75, 3.05) is 27.4 Å². The number of aliphatic hydroxyl groups excluding tert-OH is 2. The highest BCUT2D eigenvalue weighted by Crippen LogP contribution is 2.41. The summed E-state index contributed by atoms with van der Waals surface area (Å²) >= 11 is 0. The van der Waals surface area contributed by atoms with Crippen LogP contribution in [0.15, 0.2) is 48.0 Å². The summed E-state index contributed by atoms with van der Waals surface area (Å²) in [5, 5.41) is 30.2. The number of likely N-dealkylation sites (tertiary alicyclic amines) is 1. The van der Waals surface area contributed by atoms with Crippen molar-refractivity contribution in [1.82, 2.24) is 4.90 Å². The van der Waals surface area contributed by atoms with E-state index in [4.69, 9.17) is 9.47 Å². The topological polar surface area (TPSA) is 117 Å². The molecule has 0 aromatic heterocycles. The van der Waals surface area contributed by atoms with Gasteiger partial charge in [0.1, 0.15) is 11.5 Å². The van der Waals surface area contributed by atoms with Gasteiger partial charge in [-0.2, -0.15) is 0 Å². The molecule has 0 saturated carbocycles. The molecule has 0 spiro atoms. The molecule has 29 heavy (non-hydrogen) atoms. The molecule has 8 heteroatoms. The van der Waals surface area contributed by atoms with Crippen LogP contribution in [-0.2, 0) is 9.59 Å². The van der Waals surface area contributed by atoms with Gasteiger partial charge in [-0.05, 0) is 29.8 Å². The lowest BCUT2D eigenvalue weighted by atomic mass is 9.95. The molecule has 3 rings (SSSR count). The first kappa shape index (κ1) is 20.2. The van der Waals surface area contributed by atoms with Gasteiger partial charge in [-0.15, -0.1) is 0 Å². The molecule has 0 aliphatic carbocycles. The van der Waals surface area contributed by atoms with Gasteiger partial charge in [0.25, 0.3) is 11.7 Å². The van der Waals surface area contributed by atoms with E-state index in [2.05, 4.69) is 0 Å². The van der Waals surface area contributed by atoms with Crippen LogP contribution in [0, 0.1) is 0 Å². The molecule has 2 aromatic rings. The van der Waals surface area contributed by atoms with Crippen LogP contribution in [0.2, 0.25) is 0 Å². The normalized spacial score (nSPS) is 18.2. The summed E-state index contributed by atoms with van der Waals surface area (Å²) in [6.45, 7) is -0.467. The Morgan fingerprint density at radius 2 is 1.86 bits per heavy atom. The predicted octanol–water partition coefficient (Wildman–Crippen LogP) is 1.82. The van der Waals surface area contributed by atoms with Crippen LogP contribution in [-0.4, -0.2) is 59.3 Å². The summed E-state index contributed by atoms with van der Waals surface area (Å²) in [6.07, 6.45) is 0. The number of ether oxygens (including phenoxy) is 2. The van der Waals surface area contributed by atoms with Crippen LogP contribution < -0.4 is 9.47 Å². The van der Waals surface area contributed by atoms with Crippen molar-refractivity contribution >= 4 is 17.4 Å². The second-order valence-corrected chi connectivity index (χ2v) is 6.38. The molecule has 1 saturated heterocycles. The number of methoxy groups -OCH3 is 2. The SMILES string of the molecule is COc1cccc(C(O)=C2C(=O)C(=O)N(CCO)[C@@H]2c2ccc(O)c(OC)c2)c1. The molecule has 1 heterocycles. The monoisotopic (exact) mass is 399 g/mol. The van der Waals surface area contributed by atoms with Crippen LogP contribution in [0.25, 0.3) is 5.76 Å². The number of β-amino-alcohol motifs (C(OH)–C–C–N with tert-alkyl or cyclic N) is 1. The second-order valence-electron chi connectivity index (χ2n) is 6.38. The van der Waals surface area contributed by atoms with Crippen molar-refractivity contribution in [3.8, 4) is 17.2 Å². The van der Waals surface area contributed by atoms with Crippen molar-refractivity contribution in [3.05, 3.63) is 59.2 Å². The molecule has 3 N–H and O–H groups in total. The minimum Gasteiger partial charge on any atom is -0.507 e. The Morgan fingerprint density at radius 3 is 2.52 bits per heavy atom. The van der Waals surface area contributed by atoms with Crippen LogP contribution in [0.4, 0.5) is 0 Å². The van der Waals surface area contributed by atoms with E-state index >= 15 is 0 Å². The van der Waals surface area contributed by atoms with Crippen molar-refractivity contribution in [1.29, 1.82) is 0 Å². The van der Waals surface area contributed by atoms with E-state index in [-0.39, 0.29) is 36.0 Å². The Morgan fingerprint density at radius 1 is 1.10 bits per heavy atom. The number of rotatable bonds is 6. The number of amides is 1. The van der Waals surface area contributed by atoms with Gasteiger partial charge in [0.2, 0.25) is 0 Å². The number of carbonyl (C=O) groups is 2. The fourth-order valence-electron chi connectivity index (χ4n) is 3.36. The van der Waals surface area contributed by atoms with Gasteiger partial charge in [-0.25, -0.2) is 0 Å². The average molecular weight is 399 g/mol. The number of carbonyl (C=O) groups excluding carboxylic acids is 2. The highest BCUT2D eigenvalue weighted by atomic mass is 16.5. The fraction of sp³-hybridized carbons (Fsp3) is 0.238. The van der Waals surface area contributed by atoms with E-state index in [1.165, 1.54) is 37.3 Å². The third-order valence-corrected chi connectivity index (χ3v) is 4.74. The average Bonchev–Trinajstić information content (AvgIpc) is 2.99. The van der Waals surface area contributed by atoms with Crippen molar-refractivity contribution < 1.29 is 34.4 Å². The van der Waals surface area contributed by atoms with Gasteiger partial charge in [0, 0.05) is 12.1 Å². The number of ketones is 1. The number of hydrogen-bond donors (Lipinski definition) is 3. The molecule has 2 aromatic carbocycles. The summed E-state index contributed by atoms with van der Waals surface area (Å²) in [6, 6.07) is 9.89. The lowest BCUT2D eigenvalue weighted by molar-refractivity contribution is -0.140. The summed E-state index contributed by atoms with van der Waals surface area (Å²) in [5.74, 6) is -1.54. The zero-order valence-electron chi connectivity index (χ0n) is 16.0. The molecule has 8 nitrogen and oxygen atoms in total. The largest absolute Gasteiger partial charge is 0.507 e. The van der Waals surface area contributed by atoms with Crippen LogP contribution >= 0.6 is 0 Å². The molecule has 0 radical (unpaired) electrons. The van der Waals surface area contributed by atoms with Crippen molar-refractivity contribution in [2.24, 2.45) is 0 Å². The minimum absolute atomic E-state index is 0.104. The van der Waals surface area contributed by atoms with Crippen LogP contribution in [0.3, 0.4) is 0 Å². The standard InChI is InChI=1S/C21H21NO7/c1-28-14-5-3-4-13(10-14)19(25)17-18(22(8-9-23)21(27)20(17)26)12-6-7-15(24)16(11-12)29-2/h3-7,10-11,18,23-25H,8-9H2,1-2H3/t18-/m1/s1. The Bertz CT molecular complexity index is 983. The lowest BCUT2D eigenvalue weighted by Gasteiger charge is -2.25. The van der Waals surface area contributed by atoms with E-state index in [1.54, 1.807) is 24.3 Å². The zero-order chi connectivity index (χ0) is 21.1. The van der Waals surface area contributed by atoms with Crippen LogP contribution in [0.5, 0.6) is 17.2 Å². The van der Waals surface area contributed by atoms with Crippen molar-refractivity contribution in [2.45, 2.75) is 6.04 Å². The summed E-state index contributed by atoms with van der Waals surface area (Å²) < 4.78 is 10.3. The molecule has 1 fully saturated rings. The maximum Gasteiger partial charge on any atom is 0.295 e. The molecule has 1 aliphatic rings. The zero-order valence-corrected chi connectivity index (χ0v) is 16.0. The number of aromatic hydroxyl groups is 1. The van der Waals surface area contributed by atoms with E-state index in [0.29, 0.717) is 16.9 Å². The van der Waals surface area contributed by atoms with E-state index < -0.39 is 17.7 Å². The molecule has 152 valence electrons. The first-order valence-electron chi connectivity index (χ1n) is 8.83. The Hall–Kier alpha value is -3.52. The molecular formula is C21H21NO7. The molecule has 1 aliphatic heterocycles. The van der Waals surface area contributed by atoms with Crippen molar-refractivity contribution in [3.63, 3.8) is 0 Å². The second kappa shape index (κ2) is 8.24. The number of Topliss-reactive ketones (excluding diaryl/α,β-unsaturated/α-hetero) is 1. The van der Waals surface area contributed by atoms with E-state index in [1.807, 2.05) is 0 Å². The van der Waals surface area contributed by atoms with Gasteiger partial charge in [-0.3, -0.25) is 9.59 Å². The smallest absolute Gasteiger partial charge is 0.295 e. The lowest BCUT2D eigenvalue weighted by Crippen LogP contribution is -2.32. The van der Waals surface area contributed by atoms with Gasteiger partial charge in [0.15, 0.2) is 11.5 Å². The number of phenols is 1. The third kappa shape index (κ3) is 3.62. The molecule has 0 bridgehead atoms. The Kier molecular flexibility index (Phi) is 5.74. The Labute approximate surface area is 167 Å². The number of hydrogen-bond acceptors (Lipinski definition) is 7. The maximum atomic E-state index is 12.8. The summed E-state index contributed by atoms with van der Waals surface area (Å²) in [4.78, 5) is 26.5. The summed E-state index contributed by atoms with van der Waals surface area (Å²) in [5.41, 5.74) is 0.628. The van der Waals surface area contributed by atoms with Gasteiger partial charge in [0.05, 0.1) is 32.4 Å². The van der Waals surface area contributed by atoms with Gasteiger partial charge >= 0.3 is 0 Å². The minimum atomic E-state index is -0.956. The highest BCUT2D eigenvalue weighted by molar-refractivity contribution is 6.46. The summed E-state index contributed by atoms with van der Waals surface area (Å²) in [7, 11) is 2.85. The van der Waals surface area contributed by atoms with Gasteiger partial charge < -0.3 is 29.7 Å². The number of nitrogens with zero attached hydrogens (tertiary/aromatic N) is 1. The molecule has 1 amide bonds. The predicted molar refractivity (Wildman–Crippen MR) is 104 cm³/mol. The van der Waals surface area contributed by atoms with E-state index in [0.717, 1.165) is 0 Å². The van der Waals surface area contributed by atoms with E-state index in [9.17, 15) is 24.9 Å². The molecule has 1 atom stereocenters. The Balaban J connectivity index is 2.21. The third-order valence-electron chi connectivity index (χ3n) is 4.74. The number of aliphatic hydroxyl groups is 2. The molecular weight excluding hydrogens is 378 g/mol. The number of benzene rings is 2. The first-order valence-corrected chi connectivity index (χ1v) is 8.83. The number of phenolic OH excluding ortho intramolecular Hbond substituents is 1. The van der Waals surface area contributed by atoms with Gasteiger partial charge in [-0.1, -0.05) is 18.2 Å². The fourth-order valence-corrected chi connectivity index (χ4v) is 3.36.